The number of nitrogens with zero attached hydrogens (tertiary/aromatic N) is 2. The van der Waals surface area contributed by atoms with Gasteiger partial charge in [-0.2, -0.15) is 0 Å². The number of aromatic nitrogens is 2. The molecule has 0 unspecified atom stereocenters. The van der Waals surface area contributed by atoms with Gasteiger partial charge in [0.05, 0.1) is 18.2 Å². The van der Waals surface area contributed by atoms with Crippen molar-refractivity contribution in [3.8, 4) is 0 Å². The Balaban J connectivity index is 2.85. The summed E-state index contributed by atoms with van der Waals surface area (Å²) in [5.74, 6) is 0. The lowest BCUT2D eigenvalue weighted by molar-refractivity contribution is 0.746. The standard InChI is InChI=1S/C5H10N4/c1-9-2-4(5(6)7)8-3-9/h2-3,5H,6-7H2,1H3. The Hall–Kier alpha value is -0.870. The molecule has 0 saturated carbocycles. The summed E-state index contributed by atoms with van der Waals surface area (Å²) in [6.07, 6.45) is 3.01. The van der Waals surface area contributed by atoms with Gasteiger partial charge in [0.2, 0.25) is 0 Å². The van der Waals surface area contributed by atoms with E-state index in [1.165, 1.54) is 0 Å². The van der Waals surface area contributed by atoms with Gasteiger partial charge in [0.25, 0.3) is 0 Å². The minimum absolute atomic E-state index is 0.453. The first-order chi connectivity index (χ1) is 4.20. The highest BCUT2D eigenvalue weighted by atomic mass is 15.0. The van der Waals surface area contributed by atoms with Crippen molar-refractivity contribution in [3.05, 3.63) is 18.2 Å². The zero-order valence-corrected chi connectivity index (χ0v) is 5.28. The van der Waals surface area contributed by atoms with Gasteiger partial charge in [-0.15, -0.1) is 0 Å². The fourth-order valence-corrected chi connectivity index (χ4v) is 0.605. The van der Waals surface area contributed by atoms with E-state index in [2.05, 4.69) is 4.98 Å². The predicted molar refractivity (Wildman–Crippen MR) is 34.3 cm³/mol. The maximum Gasteiger partial charge on any atom is 0.0975 e. The Morgan fingerprint density at radius 2 is 2.33 bits per heavy atom. The van der Waals surface area contributed by atoms with E-state index in [1.807, 2.05) is 11.6 Å². The van der Waals surface area contributed by atoms with E-state index in [9.17, 15) is 0 Å². The van der Waals surface area contributed by atoms with Crippen LogP contribution in [0, 0.1) is 0 Å². The number of hydrogen-bond acceptors (Lipinski definition) is 3. The molecule has 1 aromatic rings. The first-order valence-corrected chi connectivity index (χ1v) is 2.69. The van der Waals surface area contributed by atoms with Gasteiger partial charge in [-0.1, -0.05) is 0 Å². The molecule has 4 heteroatoms. The second-order valence-electron chi connectivity index (χ2n) is 1.99. The van der Waals surface area contributed by atoms with Crippen LogP contribution in [0.15, 0.2) is 12.5 Å². The zero-order chi connectivity index (χ0) is 6.85. The molecule has 4 nitrogen and oxygen atoms in total. The lowest BCUT2D eigenvalue weighted by Gasteiger charge is -1.96. The molecule has 0 aliphatic rings. The largest absolute Gasteiger partial charge is 0.340 e. The summed E-state index contributed by atoms with van der Waals surface area (Å²) < 4.78 is 1.81. The number of aryl methyl sites for hydroxylation is 1. The summed E-state index contributed by atoms with van der Waals surface area (Å²) in [7, 11) is 1.87. The van der Waals surface area contributed by atoms with Gasteiger partial charge in [0, 0.05) is 13.2 Å². The van der Waals surface area contributed by atoms with Gasteiger partial charge in [-0.05, 0) is 0 Å². The van der Waals surface area contributed by atoms with Crippen molar-refractivity contribution in [1.29, 1.82) is 0 Å². The molecule has 0 bridgehead atoms. The Kier molecular flexibility index (Phi) is 1.50. The van der Waals surface area contributed by atoms with E-state index in [-0.39, 0.29) is 0 Å². The van der Waals surface area contributed by atoms with Gasteiger partial charge in [-0.3, -0.25) is 0 Å². The van der Waals surface area contributed by atoms with E-state index in [0.717, 1.165) is 5.69 Å². The van der Waals surface area contributed by atoms with Crippen LogP contribution in [0.1, 0.15) is 11.9 Å². The minimum atomic E-state index is -0.453. The Morgan fingerprint density at radius 1 is 1.67 bits per heavy atom. The Morgan fingerprint density at radius 3 is 2.56 bits per heavy atom. The molecule has 0 saturated heterocycles. The van der Waals surface area contributed by atoms with Crippen LogP contribution in [0.25, 0.3) is 0 Å². The molecule has 0 aromatic carbocycles. The van der Waals surface area contributed by atoms with Crippen LogP contribution in [0.3, 0.4) is 0 Å². The summed E-state index contributed by atoms with van der Waals surface area (Å²) in [5, 5.41) is 0. The average Bonchev–Trinajstić information content (AvgIpc) is 2.14. The first-order valence-electron chi connectivity index (χ1n) is 2.69. The van der Waals surface area contributed by atoms with Gasteiger partial charge in [0.1, 0.15) is 0 Å². The second kappa shape index (κ2) is 2.16. The summed E-state index contributed by atoms with van der Waals surface area (Å²) >= 11 is 0. The summed E-state index contributed by atoms with van der Waals surface area (Å²) in [5.41, 5.74) is 11.4. The van der Waals surface area contributed by atoms with E-state index >= 15 is 0 Å². The zero-order valence-electron chi connectivity index (χ0n) is 5.28. The van der Waals surface area contributed by atoms with Crippen LogP contribution in [0.2, 0.25) is 0 Å². The molecule has 1 heterocycles. The molecule has 0 spiro atoms. The normalized spacial score (nSPS) is 10.7. The number of imidazole rings is 1. The van der Waals surface area contributed by atoms with E-state index in [0.29, 0.717) is 0 Å². The van der Waals surface area contributed by atoms with Crippen molar-refractivity contribution in [2.24, 2.45) is 18.5 Å². The van der Waals surface area contributed by atoms with Crippen molar-refractivity contribution < 1.29 is 0 Å². The Bertz CT molecular complexity index is 191. The summed E-state index contributed by atoms with van der Waals surface area (Å²) in [6.45, 7) is 0. The summed E-state index contributed by atoms with van der Waals surface area (Å²) in [4.78, 5) is 3.93. The summed E-state index contributed by atoms with van der Waals surface area (Å²) in [6, 6.07) is 0. The highest BCUT2D eigenvalue weighted by molar-refractivity contribution is 4.99. The van der Waals surface area contributed by atoms with Crippen LogP contribution in [-0.2, 0) is 7.05 Å². The molecule has 0 aliphatic heterocycles. The van der Waals surface area contributed by atoms with Crippen molar-refractivity contribution in [1.82, 2.24) is 9.55 Å². The third-order valence-electron chi connectivity index (χ3n) is 1.07. The fourth-order valence-electron chi connectivity index (χ4n) is 0.605. The quantitative estimate of drug-likeness (QED) is 0.490. The molecule has 1 rings (SSSR count). The molecule has 0 atom stereocenters. The highest BCUT2D eigenvalue weighted by Gasteiger charge is 1.99. The van der Waals surface area contributed by atoms with Crippen LogP contribution >= 0.6 is 0 Å². The second-order valence-corrected chi connectivity index (χ2v) is 1.99. The molecule has 1 aromatic heterocycles. The van der Waals surface area contributed by atoms with Crippen molar-refractivity contribution in [2.45, 2.75) is 6.17 Å². The lowest BCUT2D eigenvalue weighted by atomic mass is 10.4. The maximum absolute atomic E-state index is 5.33. The monoisotopic (exact) mass is 126 g/mol. The maximum atomic E-state index is 5.33. The molecule has 0 aliphatic carbocycles. The number of rotatable bonds is 1. The topological polar surface area (TPSA) is 69.9 Å². The fraction of sp³-hybridized carbons (Fsp3) is 0.400. The lowest BCUT2D eigenvalue weighted by Crippen LogP contribution is -2.20. The molecule has 9 heavy (non-hydrogen) atoms. The van der Waals surface area contributed by atoms with E-state index in [4.69, 9.17) is 11.5 Å². The minimum Gasteiger partial charge on any atom is -0.340 e. The molecular formula is C5H10N4. The van der Waals surface area contributed by atoms with Crippen molar-refractivity contribution >= 4 is 0 Å². The number of hydrogen-bond donors (Lipinski definition) is 2. The van der Waals surface area contributed by atoms with Gasteiger partial charge in [0.15, 0.2) is 0 Å². The number of nitrogens with two attached hydrogens (primary N) is 2. The predicted octanol–water partition coefficient (Wildman–Crippen LogP) is -0.664. The third-order valence-corrected chi connectivity index (χ3v) is 1.07. The average molecular weight is 126 g/mol. The van der Waals surface area contributed by atoms with Gasteiger partial charge < -0.3 is 16.0 Å². The van der Waals surface area contributed by atoms with E-state index < -0.39 is 6.17 Å². The van der Waals surface area contributed by atoms with Crippen LogP contribution in [0.5, 0.6) is 0 Å². The van der Waals surface area contributed by atoms with Crippen LogP contribution in [-0.4, -0.2) is 9.55 Å². The van der Waals surface area contributed by atoms with Crippen molar-refractivity contribution in [3.63, 3.8) is 0 Å². The van der Waals surface area contributed by atoms with Gasteiger partial charge >= 0.3 is 0 Å². The molecule has 0 radical (unpaired) electrons. The van der Waals surface area contributed by atoms with Crippen LogP contribution in [0.4, 0.5) is 0 Å². The first kappa shape index (κ1) is 6.25. The molecule has 0 amide bonds. The smallest absolute Gasteiger partial charge is 0.0975 e. The van der Waals surface area contributed by atoms with Gasteiger partial charge in [-0.25, -0.2) is 4.98 Å². The SMILES string of the molecule is Cn1cnc(C(N)N)c1. The van der Waals surface area contributed by atoms with E-state index in [1.54, 1.807) is 12.5 Å². The highest BCUT2D eigenvalue weighted by Crippen LogP contribution is 1.97. The molecular weight excluding hydrogens is 116 g/mol. The Labute approximate surface area is 53.5 Å². The molecule has 50 valence electrons. The molecule has 4 N–H and O–H groups in total. The third kappa shape index (κ3) is 1.28. The van der Waals surface area contributed by atoms with Crippen LogP contribution < -0.4 is 11.5 Å². The van der Waals surface area contributed by atoms with Crippen molar-refractivity contribution in [2.75, 3.05) is 0 Å². The molecule has 0 fully saturated rings.